The molecule has 2 aromatic heterocycles. The second-order valence-corrected chi connectivity index (χ2v) is 19.3. The van der Waals surface area contributed by atoms with Crippen LogP contribution in [0.2, 0.25) is 0 Å². The molecule has 0 radical (unpaired) electrons. The van der Waals surface area contributed by atoms with Gasteiger partial charge >= 0.3 is 0 Å². The molecule has 0 spiro atoms. The smallest absolute Gasteiger partial charge is 0.247 e. The molecule has 5 aromatic rings. The van der Waals surface area contributed by atoms with Gasteiger partial charge in [0, 0.05) is 76.3 Å². The van der Waals surface area contributed by atoms with Crippen LogP contribution in [0.25, 0.3) is 32.6 Å². The van der Waals surface area contributed by atoms with E-state index in [-0.39, 0.29) is 79.9 Å². The lowest BCUT2D eigenvalue weighted by molar-refractivity contribution is -0.144. The predicted molar refractivity (Wildman–Crippen MR) is 282 cm³/mol. The maximum absolute atomic E-state index is 14.4. The number of unbranched alkanes of at least 4 members (excludes halogenated alkanes) is 1. The largest absolute Gasteiger partial charge is 0.345 e. The fourth-order valence-corrected chi connectivity index (χ4v) is 10.6. The summed E-state index contributed by atoms with van der Waals surface area (Å²) in [6.07, 6.45) is 9.17. The molecular weight excluding hydrogens is 931 g/mol. The average molecular weight is 1000 g/mol. The number of hydrogen-bond donors (Lipinski definition) is 5. The maximum Gasteiger partial charge on any atom is 0.247 e. The Balaban J connectivity index is 0.000000416. The number of likely N-dealkylation sites (tertiary alicyclic amines) is 1. The maximum atomic E-state index is 14.4. The lowest BCUT2D eigenvalue weighted by Gasteiger charge is -2.39. The topological polar surface area (TPSA) is 219 Å². The third-order valence-corrected chi connectivity index (χ3v) is 14.8. The molecule has 8 rings (SSSR count). The molecule has 4 unspecified atom stereocenters. The highest BCUT2D eigenvalue weighted by Gasteiger charge is 2.44. The van der Waals surface area contributed by atoms with Crippen molar-refractivity contribution in [2.24, 2.45) is 5.73 Å². The fraction of sp³-hybridized carbons (Fsp3) is 0.481. The third-order valence-electron chi connectivity index (χ3n) is 13.6. The molecule has 386 valence electrons. The number of aromatic amines is 1. The van der Waals surface area contributed by atoms with Gasteiger partial charge in [0.15, 0.2) is 0 Å². The van der Waals surface area contributed by atoms with Crippen molar-refractivity contribution in [1.82, 2.24) is 50.5 Å². The van der Waals surface area contributed by atoms with Crippen molar-refractivity contribution in [3.05, 3.63) is 96.4 Å². The first kappa shape index (κ1) is 54.8. The Bertz CT molecular complexity index is 2550. The Morgan fingerprint density at radius 3 is 2.22 bits per heavy atom. The van der Waals surface area contributed by atoms with Crippen LogP contribution in [0, 0.1) is 0 Å². The summed E-state index contributed by atoms with van der Waals surface area (Å²) >= 11 is 1.58. The molecule has 3 saturated heterocycles. The van der Waals surface area contributed by atoms with Crippen molar-refractivity contribution in [3.8, 4) is 21.6 Å². The van der Waals surface area contributed by atoms with Crippen LogP contribution in [0.4, 0.5) is 0 Å². The van der Waals surface area contributed by atoms with E-state index in [0.29, 0.717) is 45.4 Å². The molecule has 0 saturated carbocycles. The molecule has 3 aromatic carbocycles. The molecule has 6 N–H and O–H groups in total. The molecule has 6 amide bonds. The van der Waals surface area contributed by atoms with Gasteiger partial charge in [-0.2, -0.15) is 0 Å². The molecular formula is C54H73N11O6S. The minimum absolute atomic E-state index is 0.0569. The normalized spacial score (nSPS) is 18.3. The number of nitrogens with one attached hydrogen (secondary N) is 4. The molecule has 5 heterocycles. The lowest BCUT2D eigenvalue weighted by atomic mass is 10.0. The van der Waals surface area contributed by atoms with Crippen LogP contribution in [0.5, 0.6) is 0 Å². The van der Waals surface area contributed by atoms with E-state index in [9.17, 15) is 28.8 Å². The van der Waals surface area contributed by atoms with Crippen molar-refractivity contribution in [2.45, 2.75) is 115 Å². The van der Waals surface area contributed by atoms with Gasteiger partial charge in [0.25, 0.3) is 0 Å². The Labute approximate surface area is 427 Å². The number of rotatable bonds is 17. The summed E-state index contributed by atoms with van der Waals surface area (Å²) < 4.78 is 0. The van der Waals surface area contributed by atoms with Crippen molar-refractivity contribution in [3.63, 3.8) is 0 Å². The number of nitrogens with two attached hydrogens (primary N) is 1. The minimum Gasteiger partial charge on any atom is -0.345 e. The number of nitrogens with zero attached hydrogens (tertiary/aromatic N) is 6. The average Bonchev–Trinajstić information content (AvgIpc) is 4.28. The van der Waals surface area contributed by atoms with Crippen LogP contribution in [0.3, 0.4) is 0 Å². The number of carbonyl (C=O) groups excluding carboxylic acids is 6. The zero-order chi connectivity index (χ0) is 51.6. The Kier molecular flexibility index (Phi) is 20.8. The van der Waals surface area contributed by atoms with Crippen molar-refractivity contribution >= 4 is 57.8 Å². The van der Waals surface area contributed by atoms with Gasteiger partial charge < -0.3 is 46.3 Å². The monoisotopic (exact) mass is 1000 g/mol. The Hall–Kier alpha value is -6.50. The Morgan fingerprint density at radius 2 is 1.54 bits per heavy atom. The van der Waals surface area contributed by atoms with Gasteiger partial charge in [0.05, 0.1) is 34.3 Å². The second kappa shape index (κ2) is 27.4. The van der Waals surface area contributed by atoms with E-state index in [1.807, 2.05) is 78.7 Å². The van der Waals surface area contributed by atoms with Crippen LogP contribution in [-0.2, 0) is 28.8 Å². The number of H-pyrrole nitrogens is 1. The summed E-state index contributed by atoms with van der Waals surface area (Å²) in [4.78, 5) is 100. The summed E-state index contributed by atoms with van der Waals surface area (Å²) in [6.45, 7) is 7.60. The first-order valence-electron chi connectivity index (χ1n) is 25.5. The number of thiazole rings is 1. The number of likely N-dealkylation sites (N-methyl/N-ethyl adjacent to an activating group) is 2. The van der Waals surface area contributed by atoms with Gasteiger partial charge in [0.2, 0.25) is 35.4 Å². The zero-order valence-corrected chi connectivity index (χ0v) is 43.3. The quantitative estimate of drug-likeness (QED) is 0.0695. The molecule has 3 aliphatic heterocycles. The van der Waals surface area contributed by atoms with Gasteiger partial charge in [-0.05, 0) is 90.1 Å². The molecule has 5 atom stereocenters. The number of aromatic nitrogens is 3. The lowest BCUT2D eigenvalue weighted by Crippen LogP contribution is -2.60. The van der Waals surface area contributed by atoms with Gasteiger partial charge in [-0.25, -0.2) is 9.97 Å². The van der Waals surface area contributed by atoms with Gasteiger partial charge in [-0.1, -0.05) is 79.7 Å². The van der Waals surface area contributed by atoms with Crippen LogP contribution in [0.15, 0.2) is 91.4 Å². The SMILES string of the molecule is CCC(=O)N[C@@H](CN(CC)C(=O)CCCCC(=O)N1CCC2CCC(c3ncc(-c4ccccc4)s3)N2C(=O)C(NC(=O)C(C)NC)C1)C(=O)N1CCCC1.CN.c1ccc(-c2cccc3[nH]cnc23)cc1. The molecule has 0 bridgehead atoms. The first-order valence-corrected chi connectivity index (χ1v) is 26.3. The van der Waals surface area contributed by atoms with Crippen LogP contribution < -0.4 is 21.7 Å². The molecule has 0 aliphatic carbocycles. The highest BCUT2D eigenvalue weighted by molar-refractivity contribution is 7.15. The van der Waals surface area contributed by atoms with Crippen molar-refractivity contribution in [1.29, 1.82) is 0 Å². The van der Waals surface area contributed by atoms with E-state index in [2.05, 4.69) is 49.9 Å². The second-order valence-electron chi connectivity index (χ2n) is 18.2. The van der Waals surface area contributed by atoms with E-state index in [4.69, 9.17) is 4.98 Å². The Morgan fingerprint density at radius 1 is 0.847 bits per heavy atom. The summed E-state index contributed by atoms with van der Waals surface area (Å²) in [5, 5.41) is 9.55. The number of fused-ring (bicyclic) bond motifs is 2. The van der Waals surface area contributed by atoms with E-state index in [1.54, 1.807) is 53.3 Å². The summed E-state index contributed by atoms with van der Waals surface area (Å²) in [5.41, 5.74) is 10.1. The summed E-state index contributed by atoms with van der Waals surface area (Å²) in [6, 6.07) is 24.0. The standard InChI is InChI=1S/C40H58N8O6S.C13H10N2.CH5N/c1-5-34(49)43-30(39(53)46-21-12-13-22-46)25-45(6-2)35(50)16-10-11-17-36(51)47-23-20-29-18-19-32(38-42-24-33(55-38)28-14-8-7-9-15-28)48(29)40(54)31(26-47)44-37(52)27(3)41-4;1-2-5-10(6-3-1)11-7-4-8-12-13(11)15-9-14-12;1-2/h7-9,14-15,24,27,29-32,41H,5-6,10-13,16-23,25-26H2,1-4H3,(H,43,49)(H,44,52);1-9H,(H,14,15);2H2,1H3/t27?,29?,30-,31?,32?;;/m0../s1. The highest BCUT2D eigenvalue weighted by Crippen LogP contribution is 2.42. The van der Waals surface area contributed by atoms with E-state index < -0.39 is 18.1 Å². The molecule has 17 nitrogen and oxygen atoms in total. The van der Waals surface area contributed by atoms with Crippen molar-refractivity contribution in [2.75, 3.05) is 53.4 Å². The fourth-order valence-electron chi connectivity index (χ4n) is 9.51. The zero-order valence-electron chi connectivity index (χ0n) is 42.5. The van der Waals surface area contributed by atoms with Crippen molar-refractivity contribution < 1.29 is 28.8 Å². The summed E-state index contributed by atoms with van der Waals surface area (Å²) in [5.74, 6) is -1.18. The number of carbonyl (C=O) groups is 6. The molecule has 3 aliphatic rings. The number of amides is 6. The van der Waals surface area contributed by atoms with E-state index >= 15 is 0 Å². The van der Waals surface area contributed by atoms with Gasteiger partial charge in [-0.15, -0.1) is 11.3 Å². The molecule has 3 fully saturated rings. The third kappa shape index (κ3) is 14.1. The highest BCUT2D eigenvalue weighted by atomic mass is 32.1. The van der Waals surface area contributed by atoms with E-state index in [0.717, 1.165) is 52.2 Å². The molecule has 72 heavy (non-hydrogen) atoms. The molecule has 18 heteroatoms. The van der Waals surface area contributed by atoms with Crippen LogP contribution >= 0.6 is 11.3 Å². The van der Waals surface area contributed by atoms with Gasteiger partial charge in [0.1, 0.15) is 17.1 Å². The number of hydrogen-bond acceptors (Lipinski definition) is 11. The number of imidazole rings is 1. The van der Waals surface area contributed by atoms with E-state index in [1.165, 1.54) is 18.2 Å². The number of benzene rings is 3. The minimum atomic E-state index is -0.923. The van der Waals surface area contributed by atoms with Crippen LogP contribution in [0.1, 0.15) is 96.0 Å². The predicted octanol–water partition coefficient (Wildman–Crippen LogP) is 5.90. The first-order chi connectivity index (χ1) is 35.0. The van der Waals surface area contributed by atoms with Gasteiger partial charge in [-0.3, -0.25) is 28.8 Å². The summed E-state index contributed by atoms with van der Waals surface area (Å²) in [7, 11) is 3.18. The number of para-hydroxylation sites is 1. The van der Waals surface area contributed by atoms with Crippen LogP contribution in [-0.4, -0.2) is 148 Å².